The van der Waals surface area contributed by atoms with E-state index in [1.807, 2.05) is 12.1 Å². The molecule has 3 aromatic rings. The third-order valence-corrected chi connectivity index (χ3v) is 7.92. The van der Waals surface area contributed by atoms with E-state index in [4.69, 9.17) is 9.47 Å². The first-order valence-corrected chi connectivity index (χ1v) is 12.3. The van der Waals surface area contributed by atoms with Crippen LogP contribution in [0.15, 0.2) is 64.2 Å². The summed E-state index contributed by atoms with van der Waals surface area (Å²) in [6, 6.07) is 15.0. The fourth-order valence-corrected chi connectivity index (χ4v) is 5.42. The number of carbonyl (C=O) groups excluding carboxylic acids is 2. The van der Waals surface area contributed by atoms with Gasteiger partial charge in [0.25, 0.3) is 5.91 Å². The van der Waals surface area contributed by atoms with Crippen LogP contribution in [0.2, 0.25) is 0 Å². The number of benzene rings is 2. The molecule has 0 fully saturated rings. The van der Waals surface area contributed by atoms with Crippen LogP contribution in [0.25, 0.3) is 0 Å². The molecule has 1 aromatic heterocycles. The van der Waals surface area contributed by atoms with Crippen molar-refractivity contribution < 1.29 is 27.5 Å². The number of sulfone groups is 1. The Balaban J connectivity index is 1.27. The second-order valence-corrected chi connectivity index (χ2v) is 10.3. The lowest BCUT2D eigenvalue weighted by molar-refractivity contribution is -0.115. The van der Waals surface area contributed by atoms with Gasteiger partial charge in [-0.15, -0.1) is 11.3 Å². The highest BCUT2D eigenvalue weighted by molar-refractivity contribution is 7.93. The summed E-state index contributed by atoms with van der Waals surface area (Å²) in [7, 11) is -3.47. The van der Waals surface area contributed by atoms with Crippen molar-refractivity contribution in [2.45, 2.75) is 17.2 Å². The van der Waals surface area contributed by atoms with Crippen LogP contribution in [0.3, 0.4) is 0 Å². The fraction of sp³-hybridized carbons (Fsp3) is 0.182. The molecule has 8 nitrogen and oxygen atoms in total. The van der Waals surface area contributed by atoms with Gasteiger partial charge < -0.3 is 20.1 Å². The summed E-state index contributed by atoms with van der Waals surface area (Å²) in [5.41, 5.74) is 1.80. The minimum Gasteiger partial charge on any atom is -0.454 e. The Bertz CT molecular complexity index is 1220. The summed E-state index contributed by atoms with van der Waals surface area (Å²) in [5, 5.41) is 7.16. The van der Waals surface area contributed by atoms with Crippen molar-refractivity contribution in [3.8, 4) is 11.5 Å². The molecule has 166 valence electrons. The quantitative estimate of drug-likeness (QED) is 0.521. The zero-order chi connectivity index (χ0) is 22.6. The number of thiophene rings is 1. The predicted molar refractivity (Wildman–Crippen MR) is 120 cm³/mol. The molecule has 1 aliphatic rings. The SMILES string of the molecule is O=C(CCS(=O)(=O)c1cccs1)Nc1ccc(C(=O)NCc2ccc3c(c2)OCO3)cc1. The van der Waals surface area contributed by atoms with Crippen molar-refractivity contribution in [1.29, 1.82) is 0 Å². The maximum atomic E-state index is 12.4. The number of hydrogen-bond acceptors (Lipinski definition) is 7. The van der Waals surface area contributed by atoms with Crippen molar-refractivity contribution in [3.05, 3.63) is 71.1 Å². The number of fused-ring (bicyclic) bond motifs is 1. The van der Waals surface area contributed by atoms with Crippen LogP contribution in [0.5, 0.6) is 11.5 Å². The summed E-state index contributed by atoms with van der Waals surface area (Å²) >= 11 is 1.13. The third-order valence-electron chi connectivity index (χ3n) is 4.72. The van der Waals surface area contributed by atoms with Crippen molar-refractivity contribution in [2.75, 3.05) is 17.9 Å². The van der Waals surface area contributed by atoms with Crippen molar-refractivity contribution in [3.63, 3.8) is 0 Å². The van der Waals surface area contributed by atoms with E-state index in [-0.39, 0.29) is 29.1 Å². The van der Waals surface area contributed by atoms with Crippen molar-refractivity contribution in [2.24, 2.45) is 0 Å². The maximum absolute atomic E-state index is 12.4. The normalized spacial score (nSPS) is 12.4. The smallest absolute Gasteiger partial charge is 0.251 e. The number of ether oxygens (including phenoxy) is 2. The molecule has 2 aromatic carbocycles. The lowest BCUT2D eigenvalue weighted by Gasteiger charge is -2.08. The van der Waals surface area contributed by atoms with Crippen molar-refractivity contribution >= 4 is 38.7 Å². The first-order chi connectivity index (χ1) is 15.4. The Morgan fingerprint density at radius 3 is 2.53 bits per heavy atom. The van der Waals surface area contributed by atoms with E-state index in [2.05, 4.69) is 10.6 Å². The van der Waals surface area contributed by atoms with E-state index >= 15 is 0 Å². The molecule has 1 aliphatic heterocycles. The third kappa shape index (κ3) is 5.27. The number of rotatable bonds is 8. The summed E-state index contributed by atoms with van der Waals surface area (Å²) in [6.45, 7) is 0.519. The maximum Gasteiger partial charge on any atom is 0.251 e. The van der Waals surface area contributed by atoms with Gasteiger partial charge in [-0.05, 0) is 53.4 Å². The van der Waals surface area contributed by atoms with Gasteiger partial charge in [-0.1, -0.05) is 12.1 Å². The van der Waals surface area contributed by atoms with Crippen LogP contribution in [0.1, 0.15) is 22.3 Å². The molecular formula is C22H20N2O6S2. The van der Waals surface area contributed by atoms with Gasteiger partial charge >= 0.3 is 0 Å². The standard InChI is InChI=1S/C22H20N2O6S2/c25-20(9-11-32(27,28)21-2-1-10-31-21)24-17-6-4-16(5-7-17)22(26)23-13-15-3-8-18-19(12-15)30-14-29-18/h1-8,10,12H,9,11,13-14H2,(H,23,26)(H,24,25). The van der Waals surface area contributed by atoms with Gasteiger partial charge in [-0.2, -0.15) is 0 Å². The molecule has 2 amide bonds. The van der Waals surface area contributed by atoms with Gasteiger partial charge in [0.15, 0.2) is 21.3 Å². The molecule has 0 atom stereocenters. The van der Waals surface area contributed by atoms with Crippen LogP contribution in [0.4, 0.5) is 5.69 Å². The Morgan fingerprint density at radius 1 is 1.00 bits per heavy atom. The van der Waals surface area contributed by atoms with Gasteiger partial charge in [-0.25, -0.2) is 8.42 Å². The number of nitrogens with one attached hydrogen (secondary N) is 2. The molecule has 10 heteroatoms. The van der Waals surface area contributed by atoms with Gasteiger partial charge in [0, 0.05) is 24.2 Å². The van der Waals surface area contributed by atoms with Crippen LogP contribution in [-0.4, -0.2) is 32.8 Å². The molecule has 0 radical (unpaired) electrons. The Kier molecular flexibility index (Phi) is 6.42. The molecule has 2 N–H and O–H groups in total. The second-order valence-electron chi connectivity index (χ2n) is 7.00. The first kappa shape index (κ1) is 21.8. The van der Waals surface area contributed by atoms with E-state index < -0.39 is 15.7 Å². The highest BCUT2D eigenvalue weighted by Gasteiger charge is 2.18. The largest absolute Gasteiger partial charge is 0.454 e. The molecular weight excluding hydrogens is 452 g/mol. The summed E-state index contributed by atoms with van der Waals surface area (Å²) in [4.78, 5) is 24.5. The van der Waals surface area contributed by atoms with Crippen LogP contribution < -0.4 is 20.1 Å². The number of amides is 2. The lowest BCUT2D eigenvalue weighted by atomic mass is 10.1. The highest BCUT2D eigenvalue weighted by Crippen LogP contribution is 2.32. The number of carbonyl (C=O) groups is 2. The van der Waals surface area contributed by atoms with Gasteiger partial charge in [0.2, 0.25) is 12.7 Å². The van der Waals surface area contributed by atoms with E-state index in [0.29, 0.717) is 29.3 Å². The zero-order valence-corrected chi connectivity index (χ0v) is 18.5. The average Bonchev–Trinajstić information content (AvgIpc) is 3.49. The Labute approximate surface area is 189 Å². The molecule has 0 saturated carbocycles. The monoisotopic (exact) mass is 472 g/mol. The van der Waals surface area contributed by atoms with Gasteiger partial charge in [0.05, 0.1) is 5.75 Å². The predicted octanol–water partition coefficient (Wildman–Crippen LogP) is 3.21. The molecule has 0 aliphatic carbocycles. The van der Waals surface area contributed by atoms with Crippen LogP contribution in [-0.2, 0) is 21.2 Å². The van der Waals surface area contributed by atoms with E-state index in [9.17, 15) is 18.0 Å². The van der Waals surface area contributed by atoms with E-state index in [1.165, 1.54) is 6.07 Å². The number of hydrogen-bond donors (Lipinski definition) is 2. The summed E-state index contributed by atoms with van der Waals surface area (Å²) in [6.07, 6.45) is -0.155. The molecule has 0 unspecified atom stereocenters. The molecule has 4 rings (SSSR count). The fourth-order valence-electron chi connectivity index (χ4n) is 3.03. The van der Waals surface area contributed by atoms with Gasteiger partial charge in [0.1, 0.15) is 4.21 Å². The lowest BCUT2D eigenvalue weighted by Crippen LogP contribution is -2.22. The van der Waals surface area contributed by atoms with Crippen molar-refractivity contribution in [1.82, 2.24) is 5.32 Å². The average molecular weight is 473 g/mol. The Hall–Kier alpha value is -3.37. The summed E-state index contributed by atoms with van der Waals surface area (Å²) in [5.74, 6) is 0.397. The molecule has 0 spiro atoms. The van der Waals surface area contributed by atoms with E-state index in [0.717, 1.165) is 16.9 Å². The second kappa shape index (κ2) is 9.41. The number of anilines is 1. The van der Waals surface area contributed by atoms with Gasteiger partial charge in [-0.3, -0.25) is 9.59 Å². The Morgan fingerprint density at radius 2 is 1.78 bits per heavy atom. The molecule has 2 heterocycles. The minimum absolute atomic E-state index is 0.155. The van der Waals surface area contributed by atoms with Crippen LogP contribution in [0, 0.1) is 0 Å². The van der Waals surface area contributed by atoms with E-state index in [1.54, 1.807) is 41.8 Å². The van der Waals surface area contributed by atoms with Crippen LogP contribution >= 0.6 is 11.3 Å². The first-order valence-electron chi connectivity index (χ1n) is 9.74. The minimum atomic E-state index is -3.47. The zero-order valence-electron chi connectivity index (χ0n) is 16.9. The highest BCUT2D eigenvalue weighted by atomic mass is 32.2. The molecule has 0 bridgehead atoms. The molecule has 0 saturated heterocycles. The topological polar surface area (TPSA) is 111 Å². The summed E-state index contributed by atoms with van der Waals surface area (Å²) < 4.78 is 35.2. The molecule has 32 heavy (non-hydrogen) atoms.